The van der Waals surface area contributed by atoms with Gasteiger partial charge in [-0.3, -0.25) is 9.59 Å². The molecule has 5 rings (SSSR count). The van der Waals surface area contributed by atoms with Crippen molar-refractivity contribution in [3.63, 3.8) is 0 Å². The highest BCUT2D eigenvalue weighted by Gasteiger charge is 2.53. The average Bonchev–Trinajstić information content (AvgIpc) is 3.43. The van der Waals surface area contributed by atoms with E-state index in [-0.39, 0.29) is 30.1 Å². The molecule has 0 saturated carbocycles. The van der Waals surface area contributed by atoms with Crippen molar-refractivity contribution in [2.24, 2.45) is 5.92 Å². The van der Waals surface area contributed by atoms with E-state index in [1.54, 1.807) is 0 Å². The van der Waals surface area contributed by atoms with Gasteiger partial charge in [0.25, 0.3) is 0 Å². The monoisotopic (exact) mass is 507 g/mol. The summed E-state index contributed by atoms with van der Waals surface area (Å²) in [7, 11) is 0. The number of fused-ring (bicyclic) bond motifs is 5. The topological polar surface area (TPSA) is 64.0 Å². The highest BCUT2D eigenvalue weighted by atomic mass is 17.2. The maximum Gasteiger partial charge on any atom is 0.246 e. The van der Waals surface area contributed by atoms with E-state index in [0.717, 1.165) is 47.0 Å². The normalized spacial score (nSPS) is 24.4. The van der Waals surface area contributed by atoms with Crippen LogP contribution in [0.5, 0.6) is 0 Å². The largest absolute Gasteiger partial charge is 0.329 e. The molecule has 0 aliphatic carbocycles. The van der Waals surface area contributed by atoms with Crippen LogP contribution in [0.2, 0.25) is 0 Å². The fraction of sp³-hybridized carbons (Fsp3) is 0.600. The molecule has 1 unspecified atom stereocenters. The van der Waals surface area contributed by atoms with Gasteiger partial charge in [0.2, 0.25) is 11.8 Å². The van der Waals surface area contributed by atoms with Crippen molar-refractivity contribution < 1.29 is 19.4 Å². The Morgan fingerprint density at radius 3 is 2.51 bits per heavy atom. The third-order valence-corrected chi connectivity index (χ3v) is 7.59. The first-order valence-electron chi connectivity index (χ1n) is 13.7. The number of benzene rings is 1. The summed E-state index contributed by atoms with van der Waals surface area (Å²) in [5.41, 5.74) is 3.85. The Bertz CT molecular complexity index is 1230. The van der Waals surface area contributed by atoms with Gasteiger partial charge in [0.05, 0.1) is 22.9 Å². The standard InChI is InChI=1S/C30H41N3O4/c1-18(2)15-24-27-21(17-25-28(34)31-14-10-13-23(31)29(35)32(24)25)20-11-8-9-12-22(20)33(27)26(16-19(3)4)36-37-30(5,6)7/h8-9,11-12,15,19,23-26H,10,13-14,16-17H2,1-7H3/t23-,24+,25+,26?/m1/s1. The molecule has 3 aliphatic rings. The van der Waals surface area contributed by atoms with E-state index in [4.69, 9.17) is 9.78 Å². The molecule has 0 bridgehead atoms. The van der Waals surface area contributed by atoms with Crippen molar-refractivity contribution in [3.8, 4) is 0 Å². The minimum atomic E-state index is -0.482. The molecule has 2 saturated heterocycles. The van der Waals surface area contributed by atoms with Crippen molar-refractivity contribution in [1.82, 2.24) is 14.4 Å². The van der Waals surface area contributed by atoms with Crippen molar-refractivity contribution >= 4 is 22.7 Å². The lowest BCUT2D eigenvalue weighted by Crippen LogP contribution is -2.65. The number of carbonyl (C=O) groups is 2. The van der Waals surface area contributed by atoms with Crippen molar-refractivity contribution in [3.05, 3.63) is 47.2 Å². The lowest BCUT2D eigenvalue weighted by molar-refractivity contribution is -0.390. The summed E-state index contributed by atoms with van der Waals surface area (Å²) in [4.78, 5) is 43.5. The van der Waals surface area contributed by atoms with Crippen LogP contribution in [0.3, 0.4) is 0 Å². The van der Waals surface area contributed by atoms with Gasteiger partial charge in [-0.15, -0.1) is 0 Å². The molecule has 0 spiro atoms. The third kappa shape index (κ3) is 4.61. The first-order chi connectivity index (χ1) is 17.5. The molecule has 200 valence electrons. The lowest BCUT2D eigenvalue weighted by Gasteiger charge is -2.48. The summed E-state index contributed by atoms with van der Waals surface area (Å²) in [6, 6.07) is 7.15. The number of aromatic nitrogens is 1. The number of piperazine rings is 1. The number of amides is 2. The van der Waals surface area contributed by atoms with Crippen molar-refractivity contribution in [2.75, 3.05) is 6.54 Å². The second-order valence-corrected chi connectivity index (χ2v) is 12.5. The van der Waals surface area contributed by atoms with Gasteiger partial charge in [-0.05, 0) is 71.4 Å². The minimum Gasteiger partial charge on any atom is -0.329 e. The summed E-state index contributed by atoms with van der Waals surface area (Å²) in [5, 5.41) is 1.11. The van der Waals surface area contributed by atoms with Crippen LogP contribution >= 0.6 is 0 Å². The van der Waals surface area contributed by atoms with Gasteiger partial charge in [-0.2, -0.15) is 0 Å². The lowest BCUT2D eigenvalue weighted by atomic mass is 9.87. The second-order valence-electron chi connectivity index (χ2n) is 12.5. The van der Waals surface area contributed by atoms with Crippen LogP contribution in [0.15, 0.2) is 35.9 Å². The zero-order valence-electron chi connectivity index (χ0n) is 23.3. The van der Waals surface area contributed by atoms with E-state index < -0.39 is 11.6 Å². The average molecular weight is 508 g/mol. The van der Waals surface area contributed by atoms with Gasteiger partial charge in [-0.25, -0.2) is 9.78 Å². The zero-order valence-corrected chi connectivity index (χ0v) is 23.3. The van der Waals surface area contributed by atoms with E-state index in [2.05, 4.69) is 50.5 Å². The van der Waals surface area contributed by atoms with E-state index in [0.29, 0.717) is 18.9 Å². The highest BCUT2D eigenvalue weighted by molar-refractivity contribution is 5.99. The fourth-order valence-electron chi connectivity index (χ4n) is 6.23. The van der Waals surface area contributed by atoms with Gasteiger partial charge in [0, 0.05) is 18.4 Å². The predicted molar refractivity (Wildman–Crippen MR) is 144 cm³/mol. The Hall–Kier alpha value is -2.64. The Morgan fingerprint density at radius 2 is 1.84 bits per heavy atom. The van der Waals surface area contributed by atoms with Crippen molar-refractivity contribution in [2.45, 2.75) is 104 Å². The summed E-state index contributed by atoms with van der Waals surface area (Å²) in [5.74, 6) is 0.510. The van der Waals surface area contributed by atoms with Crippen LogP contribution in [-0.2, 0) is 25.8 Å². The predicted octanol–water partition coefficient (Wildman–Crippen LogP) is 5.70. The van der Waals surface area contributed by atoms with Gasteiger partial charge >= 0.3 is 0 Å². The summed E-state index contributed by atoms with van der Waals surface area (Å²) in [6.45, 7) is 15.1. The first-order valence-corrected chi connectivity index (χ1v) is 13.7. The van der Waals surface area contributed by atoms with E-state index in [9.17, 15) is 9.59 Å². The zero-order chi connectivity index (χ0) is 26.6. The van der Waals surface area contributed by atoms with E-state index in [1.165, 1.54) is 0 Å². The number of nitrogens with zero attached hydrogens (tertiary/aromatic N) is 3. The molecule has 1 aromatic heterocycles. The summed E-state index contributed by atoms with van der Waals surface area (Å²) in [6.07, 6.45) is 4.65. The molecule has 2 amide bonds. The van der Waals surface area contributed by atoms with Gasteiger partial charge in [0.1, 0.15) is 12.1 Å². The van der Waals surface area contributed by atoms with Gasteiger partial charge in [-0.1, -0.05) is 43.7 Å². The molecule has 4 atom stereocenters. The van der Waals surface area contributed by atoms with E-state index >= 15 is 0 Å². The first kappa shape index (κ1) is 26.0. The van der Waals surface area contributed by atoms with Gasteiger partial charge in [0.15, 0.2) is 6.23 Å². The van der Waals surface area contributed by atoms with Crippen LogP contribution < -0.4 is 0 Å². The maximum absolute atomic E-state index is 14.0. The Labute approximate surface area is 220 Å². The number of carbonyl (C=O) groups excluding carboxylic acids is 2. The SMILES string of the molecule is CC(C)=C[C@H]1c2c(c3ccccc3n2C(CC(C)C)OOC(C)(C)C)C[C@H]2C(=O)N3CCC[C@@H]3C(=O)N21. The molecule has 7 heteroatoms. The number of hydrogen-bond acceptors (Lipinski definition) is 4. The van der Waals surface area contributed by atoms with Crippen LogP contribution in [0.1, 0.15) is 91.3 Å². The Balaban J connectivity index is 1.73. The number of para-hydroxylation sites is 1. The molecule has 3 aliphatic heterocycles. The molecule has 37 heavy (non-hydrogen) atoms. The summed E-state index contributed by atoms with van der Waals surface area (Å²) >= 11 is 0. The number of hydrogen-bond donors (Lipinski definition) is 0. The van der Waals surface area contributed by atoms with Crippen LogP contribution in [-0.4, -0.2) is 50.4 Å². The van der Waals surface area contributed by atoms with Crippen LogP contribution in [0, 0.1) is 5.92 Å². The molecule has 7 nitrogen and oxygen atoms in total. The maximum atomic E-state index is 14.0. The molecule has 2 fully saturated rings. The second kappa shape index (κ2) is 9.59. The minimum absolute atomic E-state index is 0.0688. The molecular formula is C30H41N3O4. The smallest absolute Gasteiger partial charge is 0.246 e. The van der Waals surface area contributed by atoms with E-state index in [1.807, 2.05) is 42.7 Å². The van der Waals surface area contributed by atoms with Crippen LogP contribution in [0.25, 0.3) is 10.9 Å². The Kier molecular flexibility index (Phi) is 6.73. The third-order valence-electron chi connectivity index (χ3n) is 7.59. The number of rotatable bonds is 6. The van der Waals surface area contributed by atoms with Gasteiger partial charge < -0.3 is 14.4 Å². The molecular weight excluding hydrogens is 466 g/mol. The Morgan fingerprint density at radius 1 is 1.11 bits per heavy atom. The molecule has 1 aromatic carbocycles. The molecule has 0 radical (unpaired) electrons. The van der Waals surface area contributed by atoms with Crippen molar-refractivity contribution in [1.29, 1.82) is 0 Å². The van der Waals surface area contributed by atoms with Crippen LogP contribution in [0.4, 0.5) is 0 Å². The fourth-order valence-corrected chi connectivity index (χ4v) is 6.23. The molecule has 0 N–H and O–H groups in total. The number of allylic oxidation sites excluding steroid dienone is 1. The summed E-state index contributed by atoms with van der Waals surface area (Å²) < 4.78 is 2.25. The quantitative estimate of drug-likeness (QED) is 0.286. The molecule has 2 aromatic rings. The highest BCUT2D eigenvalue weighted by Crippen LogP contribution is 2.46. The molecule has 4 heterocycles.